The molecule has 0 aromatic rings. The molecule has 0 heterocycles. The van der Waals surface area contributed by atoms with E-state index in [1.807, 2.05) is 0 Å². The van der Waals surface area contributed by atoms with E-state index in [4.69, 9.17) is 14.2 Å². The van der Waals surface area contributed by atoms with Gasteiger partial charge in [0.1, 0.15) is 13.2 Å². The molecule has 420 valence electrons. The minimum Gasteiger partial charge on any atom is -0.462 e. The molecule has 0 rings (SSSR count). The maximum absolute atomic E-state index is 12.9. The zero-order chi connectivity index (χ0) is 52.2. The van der Waals surface area contributed by atoms with Crippen molar-refractivity contribution in [3.8, 4) is 0 Å². The zero-order valence-electron chi connectivity index (χ0n) is 48.2. The molecule has 0 saturated carbocycles. The molecule has 0 unspecified atom stereocenters. The second-order valence-corrected chi connectivity index (χ2v) is 21.3. The van der Waals surface area contributed by atoms with Crippen molar-refractivity contribution in [3.63, 3.8) is 0 Å². The van der Waals surface area contributed by atoms with E-state index in [1.165, 1.54) is 218 Å². The normalized spacial score (nSPS) is 12.3. The number of unbranched alkanes of at least 4 members (excludes halogenated alkanes) is 39. The summed E-state index contributed by atoms with van der Waals surface area (Å²) in [5.74, 6) is -0.872. The van der Waals surface area contributed by atoms with Gasteiger partial charge in [-0.15, -0.1) is 0 Å². The van der Waals surface area contributed by atoms with Crippen LogP contribution < -0.4 is 0 Å². The van der Waals surface area contributed by atoms with Crippen LogP contribution in [-0.2, 0) is 28.6 Å². The summed E-state index contributed by atoms with van der Waals surface area (Å²) >= 11 is 0. The van der Waals surface area contributed by atoms with Gasteiger partial charge < -0.3 is 14.2 Å². The molecule has 0 aromatic heterocycles. The monoisotopic (exact) mass is 1010 g/mol. The summed E-state index contributed by atoms with van der Waals surface area (Å²) in [6, 6.07) is 0. The Morgan fingerprint density at radius 3 is 0.819 bits per heavy atom. The second-order valence-electron chi connectivity index (χ2n) is 21.3. The maximum atomic E-state index is 12.9. The van der Waals surface area contributed by atoms with E-state index in [0.717, 1.165) is 77.0 Å². The first kappa shape index (κ1) is 69.4. The Labute approximate surface area is 448 Å². The minimum atomic E-state index is -0.779. The molecule has 0 N–H and O–H groups in total. The van der Waals surface area contributed by atoms with Crippen LogP contribution in [0.25, 0.3) is 0 Å². The Hall–Kier alpha value is -2.63. The molecular weight excluding hydrogens is 889 g/mol. The summed E-state index contributed by atoms with van der Waals surface area (Å²) in [5.41, 5.74) is 0. The number of carbonyl (C=O) groups is 3. The van der Waals surface area contributed by atoms with E-state index >= 15 is 0 Å². The molecule has 0 aliphatic carbocycles. The molecule has 0 fully saturated rings. The van der Waals surface area contributed by atoms with Gasteiger partial charge in [-0.2, -0.15) is 0 Å². The lowest BCUT2D eigenvalue weighted by Crippen LogP contribution is -2.30. The number of rotatable bonds is 58. The lowest BCUT2D eigenvalue weighted by Gasteiger charge is -2.18. The Morgan fingerprint density at radius 2 is 0.500 bits per heavy atom. The van der Waals surface area contributed by atoms with Gasteiger partial charge in [-0.05, 0) is 83.5 Å². The first-order valence-electron chi connectivity index (χ1n) is 31.6. The van der Waals surface area contributed by atoms with Crippen molar-refractivity contribution < 1.29 is 28.6 Å². The molecule has 6 heteroatoms. The van der Waals surface area contributed by atoms with Crippen LogP contribution in [0.4, 0.5) is 0 Å². The SMILES string of the molecule is CCCCC/C=C\C/C=C\C/C=C\CCCCCCCCC(=O)OC[C@@H](COC(=O)CCCCCCCCC/C=C\CCCCCCCC)OC(=O)CCCCCCCCCCCCCCCCCCCC. The van der Waals surface area contributed by atoms with Crippen molar-refractivity contribution in [2.75, 3.05) is 13.2 Å². The van der Waals surface area contributed by atoms with Crippen LogP contribution in [0.3, 0.4) is 0 Å². The maximum Gasteiger partial charge on any atom is 0.306 e. The Balaban J connectivity index is 4.37. The van der Waals surface area contributed by atoms with Gasteiger partial charge in [-0.25, -0.2) is 0 Å². The third-order valence-electron chi connectivity index (χ3n) is 14.1. The smallest absolute Gasteiger partial charge is 0.306 e. The Bertz CT molecular complexity index is 1250. The van der Waals surface area contributed by atoms with Crippen LogP contribution in [0.5, 0.6) is 0 Å². The summed E-state index contributed by atoms with van der Waals surface area (Å²) in [6.45, 7) is 6.65. The predicted molar refractivity (Wildman–Crippen MR) is 312 cm³/mol. The molecule has 0 spiro atoms. The van der Waals surface area contributed by atoms with Crippen LogP contribution in [0.15, 0.2) is 48.6 Å². The van der Waals surface area contributed by atoms with Crippen molar-refractivity contribution in [1.29, 1.82) is 0 Å². The molecule has 72 heavy (non-hydrogen) atoms. The average molecular weight is 1010 g/mol. The van der Waals surface area contributed by atoms with E-state index in [-0.39, 0.29) is 31.1 Å². The first-order chi connectivity index (χ1) is 35.5. The highest BCUT2D eigenvalue weighted by Gasteiger charge is 2.19. The van der Waals surface area contributed by atoms with Crippen molar-refractivity contribution in [2.24, 2.45) is 0 Å². The molecule has 0 aromatic carbocycles. The lowest BCUT2D eigenvalue weighted by molar-refractivity contribution is -0.167. The molecule has 0 saturated heterocycles. The predicted octanol–water partition coefficient (Wildman–Crippen LogP) is 21.4. The molecule has 0 bridgehead atoms. The standard InChI is InChI=1S/C66H120O6/c1-4-7-10-13-16-19-22-25-28-31-33-36-38-41-44-47-50-53-56-59-65(68)71-62-63(61-70-64(67)58-55-52-49-46-43-40-37-34-30-27-24-21-18-15-12-9-6-3)72-66(69)60-57-54-51-48-45-42-39-35-32-29-26-23-20-17-14-11-8-5-2/h16,19,25,27-28,30,33,36,63H,4-15,17-18,20-24,26,29,31-32,34-35,37-62H2,1-3H3/b19-16-,28-25-,30-27-,36-33-/t63-/m1/s1. The summed E-state index contributed by atoms with van der Waals surface area (Å²) in [4.78, 5) is 38.3. The van der Waals surface area contributed by atoms with E-state index in [1.54, 1.807) is 0 Å². The second kappa shape index (κ2) is 60.9. The van der Waals surface area contributed by atoms with Crippen molar-refractivity contribution in [2.45, 2.75) is 341 Å². The number of hydrogen-bond acceptors (Lipinski definition) is 6. The molecule has 6 nitrogen and oxygen atoms in total. The average Bonchev–Trinajstić information content (AvgIpc) is 3.38. The van der Waals surface area contributed by atoms with Gasteiger partial charge in [-0.1, -0.05) is 281 Å². The third kappa shape index (κ3) is 58.3. The van der Waals surface area contributed by atoms with Gasteiger partial charge in [0.15, 0.2) is 6.10 Å². The highest BCUT2D eigenvalue weighted by Crippen LogP contribution is 2.17. The molecule has 0 aliphatic heterocycles. The number of carbonyl (C=O) groups excluding carboxylic acids is 3. The Morgan fingerprint density at radius 1 is 0.278 bits per heavy atom. The van der Waals surface area contributed by atoms with Gasteiger partial charge in [-0.3, -0.25) is 14.4 Å². The van der Waals surface area contributed by atoms with Crippen LogP contribution in [0.2, 0.25) is 0 Å². The largest absolute Gasteiger partial charge is 0.462 e. The van der Waals surface area contributed by atoms with Gasteiger partial charge >= 0.3 is 17.9 Å². The van der Waals surface area contributed by atoms with E-state index in [9.17, 15) is 14.4 Å². The van der Waals surface area contributed by atoms with Crippen LogP contribution >= 0.6 is 0 Å². The number of ether oxygens (including phenoxy) is 3. The molecule has 1 atom stereocenters. The highest BCUT2D eigenvalue weighted by molar-refractivity contribution is 5.71. The van der Waals surface area contributed by atoms with E-state index in [0.29, 0.717) is 19.3 Å². The van der Waals surface area contributed by atoms with E-state index < -0.39 is 6.10 Å². The van der Waals surface area contributed by atoms with Crippen molar-refractivity contribution >= 4 is 17.9 Å². The summed E-state index contributed by atoms with van der Waals surface area (Å²) in [7, 11) is 0. The van der Waals surface area contributed by atoms with Crippen molar-refractivity contribution in [3.05, 3.63) is 48.6 Å². The topological polar surface area (TPSA) is 78.9 Å². The van der Waals surface area contributed by atoms with Crippen LogP contribution in [0.1, 0.15) is 335 Å². The van der Waals surface area contributed by atoms with Crippen molar-refractivity contribution in [1.82, 2.24) is 0 Å². The fourth-order valence-electron chi connectivity index (χ4n) is 9.27. The number of allylic oxidation sites excluding steroid dienone is 8. The van der Waals surface area contributed by atoms with Crippen LogP contribution in [0, 0.1) is 0 Å². The Kier molecular flexibility index (Phi) is 58.7. The summed E-state index contributed by atoms with van der Waals surface area (Å²) in [6.07, 6.45) is 75.3. The lowest BCUT2D eigenvalue weighted by atomic mass is 10.0. The molecule has 0 amide bonds. The fraction of sp³-hybridized carbons (Fsp3) is 0.833. The summed E-state index contributed by atoms with van der Waals surface area (Å²) in [5, 5.41) is 0. The van der Waals surface area contributed by atoms with Crippen LogP contribution in [-0.4, -0.2) is 37.2 Å². The molecular formula is C66H120O6. The third-order valence-corrected chi connectivity index (χ3v) is 14.1. The number of esters is 3. The highest BCUT2D eigenvalue weighted by atomic mass is 16.6. The fourth-order valence-corrected chi connectivity index (χ4v) is 9.27. The van der Waals surface area contributed by atoms with Gasteiger partial charge in [0.25, 0.3) is 0 Å². The van der Waals surface area contributed by atoms with E-state index in [2.05, 4.69) is 69.4 Å². The quantitative estimate of drug-likeness (QED) is 0.0261. The molecule has 0 radical (unpaired) electrons. The van der Waals surface area contributed by atoms with Gasteiger partial charge in [0, 0.05) is 19.3 Å². The summed E-state index contributed by atoms with van der Waals surface area (Å²) < 4.78 is 16.9. The van der Waals surface area contributed by atoms with Gasteiger partial charge in [0.05, 0.1) is 0 Å². The minimum absolute atomic E-state index is 0.0763. The zero-order valence-corrected chi connectivity index (χ0v) is 48.2. The van der Waals surface area contributed by atoms with Gasteiger partial charge in [0.2, 0.25) is 0 Å². The first-order valence-corrected chi connectivity index (χ1v) is 31.6. The number of hydrogen-bond donors (Lipinski definition) is 0. The molecule has 0 aliphatic rings.